The molecule has 0 aliphatic rings. The first kappa shape index (κ1) is 19.8. The molecule has 0 unspecified atom stereocenters. The summed E-state index contributed by atoms with van der Waals surface area (Å²) < 4.78 is 16.1. The third kappa shape index (κ3) is 4.64. The summed E-state index contributed by atoms with van der Waals surface area (Å²) in [4.78, 5) is 16.4. The van der Waals surface area contributed by atoms with Crippen LogP contribution < -0.4 is 19.5 Å². The Morgan fingerprint density at radius 2 is 1.86 bits per heavy atom. The van der Waals surface area contributed by atoms with Gasteiger partial charge in [0.1, 0.15) is 11.3 Å². The lowest BCUT2D eigenvalue weighted by Gasteiger charge is -2.11. The Bertz CT molecular complexity index is 978. The standard InChI is InChI=1S/C21H21ClN2O4/c1-26-17-7-5-14(12-19(17)27-2)9-11-23-20(25)13-28-18-8-6-16(22)15-4-3-10-24-21(15)18/h3-8,10,12H,9,11,13H2,1-2H3,(H,23,25). The van der Waals surface area contributed by atoms with E-state index < -0.39 is 0 Å². The zero-order valence-electron chi connectivity index (χ0n) is 15.7. The van der Waals surface area contributed by atoms with E-state index in [-0.39, 0.29) is 12.5 Å². The highest BCUT2D eigenvalue weighted by Crippen LogP contribution is 2.29. The van der Waals surface area contributed by atoms with Crippen LogP contribution >= 0.6 is 11.6 Å². The van der Waals surface area contributed by atoms with Gasteiger partial charge in [-0.05, 0) is 48.4 Å². The van der Waals surface area contributed by atoms with Crippen LogP contribution in [0, 0.1) is 0 Å². The quantitative estimate of drug-likeness (QED) is 0.625. The van der Waals surface area contributed by atoms with Crippen molar-refractivity contribution in [3.8, 4) is 17.2 Å². The Morgan fingerprint density at radius 3 is 2.64 bits per heavy atom. The first-order valence-corrected chi connectivity index (χ1v) is 9.14. The van der Waals surface area contributed by atoms with Crippen molar-refractivity contribution in [2.24, 2.45) is 0 Å². The van der Waals surface area contributed by atoms with Gasteiger partial charge in [-0.3, -0.25) is 9.78 Å². The molecule has 1 amide bonds. The molecule has 7 heteroatoms. The summed E-state index contributed by atoms with van der Waals surface area (Å²) in [6.45, 7) is 0.385. The van der Waals surface area contributed by atoms with Crippen LogP contribution in [-0.4, -0.2) is 38.3 Å². The molecule has 0 radical (unpaired) electrons. The van der Waals surface area contributed by atoms with E-state index in [1.54, 1.807) is 38.6 Å². The number of aromatic nitrogens is 1. The second-order valence-corrected chi connectivity index (χ2v) is 6.43. The topological polar surface area (TPSA) is 69.7 Å². The summed E-state index contributed by atoms with van der Waals surface area (Å²) in [5.41, 5.74) is 1.67. The molecule has 0 saturated heterocycles. The Hall–Kier alpha value is -2.99. The predicted molar refractivity (Wildman–Crippen MR) is 109 cm³/mol. The van der Waals surface area contributed by atoms with Gasteiger partial charge in [-0.15, -0.1) is 0 Å². The van der Waals surface area contributed by atoms with E-state index in [9.17, 15) is 4.79 Å². The molecule has 3 aromatic rings. The van der Waals surface area contributed by atoms with Crippen LogP contribution in [0.4, 0.5) is 0 Å². The molecule has 0 bridgehead atoms. The molecule has 1 aromatic heterocycles. The van der Waals surface area contributed by atoms with Crippen molar-refractivity contribution < 1.29 is 19.0 Å². The molecule has 1 N–H and O–H groups in total. The van der Waals surface area contributed by atoms with E-state index in [0.29, 0.717) is 40.8 Å². The van der Waals surface area contributed by atoms with Gasteiger partial charge >= 0.3 is 0 Å². The second-order valence-electron chi connectivity index (χ2n) is 6.02. The number of ether oxygens (including phenoxy) is 3. The van der Waals surface area contributed by atoms with Crippen LogP contribution in [0.25, 0.3) is 10.9 Å². The predicted octanol–water partition coefficient (Wildman–Crippen LogP) is 3.64. The zero-order valence-corrected chi connectivity index (χ0v) is 16.5. The molecular weight excluding hydrogens is 380 g/mol. The molecule has 146 valence electrons. The first-order valence-electron chi connectivity index (χ1n) is 8.76. The van der Waals surface area contributed by atoms with Crippen LogP contribution in [0.15, 0.2) is 48.7 Å². The highest BCUT2D eigenvalue weighted by molar-refractivity contribution is 6.35. The number of hydrogen-bond acceptors (Lipinski definition) is 5. The summed E-state index contributed by atoms with van der Waals surface area (Å²) in [7, 11) is 3.19. The van der Waals surface area contributed by atoms with Crippen molar-refractivity contribution in [1.29, 1.82) is 0 Å². The monoisotopic (exact) mass is 400 g/mol. The minimum atomic E-state index is -0.209. The Morgan fingerprint density at radius 1 is 1.07 bits per heavy atom. The maximum absolute atomic E-state index is 12.1. The minimum Gasteiger partial charge on any atom is -0.493 e. The Labute approximate surface area is 168 Å². The molecule has 0 atom stereocenters. The summed E-state index contributed by atoms with van der Waals surface area (Å²) >= 11 is 6.17. The van der Waals surface area contributed by atoms with E-state index in [1.165, 1.54) is 0 Å². The van der Waals surface area contributed by atoms with Gasteiger partial charge in [-0.2, -0.15) is 0 Å². The van der Waals surface area contributed by atoms with Gasteiger partial charge in [0.25, 0.3) is 5.91 Å². The fourth-order valence-electron chi connectivity index (χ4n) is 2.81. The van der Waals surface area contributed by atoms with Gasteiger partial charge < -0.3 is 19.5 Å². The van der Waals surface area contributed by atoms with Crippen LogP contribution in [-0.2, 0) is 11.2 Å². The van der Waals surface area contributed by atoms with Gasteiger partial charge in [0.05, 0.1) is 19.2 Å². The van der Waals surface area contributed by atoms with Gasteiger partial charge in [0.2, 0.25) is 0 Å². The number of benzene rings is 2. The number of hydrogen-bond donors (Lipinski definition) is 1. The fourth-order valence-corrected chi connectivity index (χ4v) is 3.02. The highest BCUT2D eigenvalue weighted by atomic mass is 35.5. The summed E-state index contributed by atoms with van der Waals surface area (Å²) in [5, 5.41) is 4.22. The number of nitrogens with one attached hydrogen (secondary N) is 1. The number of fused-ring (bicyclic) bond motifs is 1. The van der Waals surface area contributed by atoms with E-state index in [0.717, 1.165) is 10.9 Å². The third-order valence-corrected chi connectivity index (χ3v) is 4.55. The molecule has 0 aliphatic heterocycles. The van der Waals surface area contributed by atoms with Crippen LogP contribution in [0.2, 0.25) is 5.02 Å². The number of amides is 1. The SMILES string of the molecule is COc1ccc(CCNC(=O)COc2ccc(Cl)c3cccnc23)cc1OC. The average Bonchev–Trinajstić information content (AvgIpc) is 2.73. The maximum Gasteiger partial charge on any atom is 0.257 e. The molecular formula is C21H21ClN2O4. The summed E-state index contributed by atoms with van der Waals surface area (Å²) in [6, 6.07) is 12.8. The molecule has 3 rings (SSSR count). The maximum atomic E-state index is 12.1. The van der Waals surface area contributed by atoms with Crippen molar-refractivity contribution in [1.82, 2.24) is 10.3 Å². The van der Waals surface area contributed by atoms with Gasteiger partial charge in [-0.1, -0.05) is 17.7 Å². The van der Waals surface area contributed by atoms with Crippen molar-refractivity contribution in [3.05, 3.63) is 59.2 Å². The van der Waals surface area contributed by atoms with E-state index in [4.69, 9.17) is 25.8 Å². The number of rotatable bonds is 8. The molecule has 0 saturated carbocycles. The number of carbonyl (C=O) groups excluding carboxylic acids is 1. The largest absolute Gasteiger partial charge is 0.493 e. The molecule has 6 nitrogen and oxygen atoms in total. The van der Waals surface area contributed by atoms with Crippen LogP contribution in [0.3, 0.4) is 0 Å². The van der Waals surface area contributed by atoms with Gasteiger partial charge in [-0.25, -0.2) is 0 Å². The van der Waals surface area contributed by atoms with Crippen molar-refractivity contribution >= 4 is 28.4 Å². The summed E-state index contributed by atoms with van der Waals surface area (Å²) in [5.74, 6) is 1.65. The van der Waals surface area contributed by atoms with E-state index >= 15 is 0 Å². The fraction of sp³-hybridized carbons (Fsp3) is 0.238. The number of halogens is 1. The smallest absolute Gasteiger partial charge is 0.257 e. The Kier molecular flexibility index (Phi) is 6.55. The van der Waals surface area contributed by atoms with Crippen LogP contribution in [0.1, 0.15) is 5.56 Å². The third-order valence-electron chi connectivity index (χ3n) is 4.22. The van der Waals surface area contributed by atoms with E-state index in [2.05, 4.69) is 10.3 Å². The summed E-state index contributed by atoms with van der Waals surface area (Å²) in [6.07, 6.45) is 2.33. The number of methoxy groups -OCH3 is 2. The highest BCUT2D eigenvalue weighted by Gasteiger charge is 2.09. The molecule has 2 aromatic carbocycles. The minimum absolute atomic E-state index is 0.0980. The number of pyridine rings is 1. The molecule has 0 fully saturated rings. The molecule has 28 heavy (non-hydrogen) atoms. The lowest BCUT2D eigenvalue weighted by atomic mass is 10.1. The molecule has 0 aliphatic carbocycles. The second kappa shape index (κ2) is 9.28. The lowest BCUT2D eigenvalue weighted by Crippen LogP contribution is -2.30. The van der Waals surface area contributed by atoms with E-state index in [1.807, 2.05) is 24.3 Å². The normalized spacial score (nSPS) is 10.5. The molecule has 1 heterocycles. The Balaban J connectivity index is 1.52. The van der Waals surface area contributed by atoms with Crippen molar-refractivity contribution in [2.75, 3.05) is 27.4 Å². The van der Waals surface area contributed by atoms with Crippen molar-refractivity contribution in [3.63, 3.8) is 0 Å². The average molecular weight is 401 g/mol. The van der Waals surface area contributed by atoms with Gasteiger partial charge in [0.15, 0.2) is 18.1 Å². The molecule has 0 spiro atoms. The first-order chi connectivity index (χ1) is 13.6. The number of nitrogens with zero attached hydrogens (tertiary/aromatic N) is 1. The van der Waals surface area contributed by atoms with Crippen LogP contribution in [0.5, 0.6) is 17.2 Å². The number of carbonyl (C=O) groups is 1. The van der Waals surface area contributed by atoms with Crippen molar-refractivity contribution in [2.45, 2.75) is 6.42 Å². The zero-order chi connectivity index (χ0) is 19.9. The lowest BCUT2D eigenvalue weighted by molar-refractivity contribution is -0.123. The van der Waals surface area contributed by atoms with Gasteiger partial charge in [0, 0.05) is 18.1 Å².